The maximum absolute atomic E-state index is 13.9. The molecular formula is C34H33N5O2S. The molecule has 0 saturated carbocycles. The quantitative estimate of drug-likeness (QED) is 0.216. The Hall–Kier alpha value is -4.53. The molecule has 0 radical (unpaired) electrons. The van der Waals surface area contributed by atoms with E-state index >= 15 is 0 Å². The number of hydrogen-bond donors (Lipinski definition) is 2. The van der Waals surface area contributed by atoms with Gasteiger partial charge in [-0.05, 0) is 72.4 Å². The van der Waals surface area contributed by atoms with Gasteiger partial charge in [0.25, 0.3) is 0 Å². The van der Waals surface area contributed by atoms with Gasteiger partial charge >= 0.3 is 6.03 Å². The molecule has 0 saturated heterocycles. The molecule has 2 N–H and O–H groups in total. The normalized spacial score (nSPS) is 13.0. The van der Waals surface area contributed by atoms with E-state index in [-0.39, 0.29) is 18.5 Å². The zero-order valence-corrected chi connectivity index (χ0v) is 24.6. The number of para-hydroxylation sites is 1. The lowest BCUT2D eigenvalue weighted by Crippen LogP contribution is -2.42. The van der Waals surface area contributed by atoms with Crippen molar-refractivity contribution in [2.24, 2.45) is 0 Å². The minimum atomic E-state index is -0.269. The summed E-state index contributed by atoms with van der Waals surface area (Å²) in [6.45, 7) is 6.15. The van der Waals surface area contributed by atoms with Crippen LogP contribution in [0.3, 0.4) is 0 Å². The maximum atomic E-state index is 13.9. The van der Waals surface area contributed by atoms with Crippen molar-refractivity contribution in [2.75, 3.05) is 28.6 Å². The fraction of sp³-hybridized carbons (Fsp3) is 0.206. The van der Waals surface area contributed by atoms with E-state index in [1.165, 1.54) is 0 Å². The Morgan fingerprint density at radius 3 is 2.55 bits per heavy atom. The lowest BCUT2D eigenvalue weighted by atomic mass is 9.97. The molecule has 0 aliphatic carbocycles. The third kappa shape index (κ3) is 6.20. The number of nitrogens with zero attached hydrogens (tertiary/aromatic N) is 3. The van der Waals surface area contributed by atoms with Crippen molar-refractivity contribution in [3.63, 3.8) is 0 Å². The van der Waals surface area contributed by atoms with Gasteiger partial charge in [-0.3, -0.25) is 14.6 Å². The molecule has 1 aliphatic heterocycles. The number of nitrogens with one attached hydrogen (secondary N) is 2. The van der Waals surface area contributed by atoms with Gasteiger partial charge in [0.1, 0.15) is 0 Å². The summed E-state index contributed by atoms with van der Waals surface area (Å²) in [5.41, 5.74) is 7.99. The fourth-order valence-electron chi connectivity index (χ4n) is 5.42. The standard InChI is InChI=1S/C34H33N5O2S/c1-23-9-6-14-27(19-23)35-33(41)36-29-15-8-13-26-21-38(18-17-28(26)29)22-31(40)39(20-25-11-4-3-5-12-25)34-37-32-24(2)10-7-16-30(32)42-34/h3-16,19H,17-18,20-22H2,1-2H3,(H2,35,36,41). The molecule has 1 aliphatic rings. The molecule has 0 fully saturated rings. The second-order valence-corrected chi connectivity index (χ2v) is 11.7. The fourth-order valence-corrected chi connectivity index (χ4v) is 6.48. The lowest BCUT2D eigenvalue weighted by Gasteiger charge is -2.31. The Morgan fingerprint density at radius 2 is 1.74 bits per heavy atom. The average Bonchev–Trinajstić information content (AvgIpc) is 3.42. The molecule has 1 aromatic heterocycles. The number of hydrogen-bond acceptors (Lipinski definition) is 5. The first-order valence-electron chi connectivity index (χ1n) is 14.1. The van der Waals surface area contributed by atoms with Gasteiger partial charge in [0.05, 0.1) is 23.3 Å². The van der Waals surface area contributed by atoms with Crippen LogP contribution in [-0.4, -0.2) is 34.9 Å². The molecule has 4 aromatic carbocycles. The lowest BCUT2D eigenvalue weighted by molar-refractivity contribution is -0.120. The first-order valence-corrected chi connectivity index (χ1v) is 14.9. The molecule has 2 heterocycles. The summed E-state index contributed by atoms with van der Waals surface area (Å²) < 4.78 is 1.08. The van der Waals surface area contributed by atoms with Crippen molar-refractivity contribution in [2.45, 2.75) is 33.4 Å². The van der Waals surface area contributed by atoms with Crippen molar-refractivity contribution in [1.82, 2.24) is 9.88 Å². The molecule has 6 rings (SSSR count). The second kappa shape index (κ2) is 12.1. The first kappa shape index (κ1) is 27.6. The third-order valence-electron chi connectivity index (χ3n) is 7.55. The van der Waals surface area contributed by atoms with E-state index in [2.05, 4.69) is 40.7 Å². The maximum Gasteiger partial charge on any atom is 0.323 e. The van der Waals surface area contributed by atoms with Gasteiger partial charge in [0.15, 0.2) is 5.13 Å². The number of carbonyl (C=O) groups is 2. The van der Waals surface area contributed by atoms with E-state index in [9.17, 15) is 9.59 Å². The Kier molecular flexibility index (Phi) is 7.99. The molecular weight excluding hydrogens is 542 g/mol. The van der Waals surface area contributed by atoms with Crippen molar-refractivity contribution >= 4 is 50.0 Å². The molecule has 5 aromatic rings. The summed E-state index contributed by atoms with van der Waals surface area (Å²) in [5.74, 6) is 0.0193. The SMILES string of the molecule is Cc1cccc(NC(=O)Nc2cccc3c2CCN(CC(=O)N(Cc2ccccc2)c2nc4c(C)cccc4s2)C3)c1. The van der Waals surface area contributed by atoms with Crippen LogP contribution < -0.4 is 15.5 Å². The monoisotopic (exact) mass is 575 g/mol. The second-order valence-electron chi connectivity index (χ2n) is 10.7. The summed E-state index contributed by atoms with van der Waals surface area (Å²) in [7, 11) is 0. The minimum Gasteiger partial charge on any atom is -0.308 e. The molecule has 3 amide bonds. The zero-order valence-electron chi connectivity index (χ0n) is 23.8. The van der Waals surface area contributed by atoms with E-state index in [1.54, 1.807) is 11.3 Å². The molecule has 7 nitrogen and oxygen atoms in total. The molecule has 0 atom stereocenters. The van der Waals surface area contributed by atoms with Crippen LogP contribution >= 0.6 is 11.3 Å². The molecule has 0 spiro atoms. The third-order valence-corrected chi connectivity index (χ3v) is 8.60. The van der Waals surface area contributed by atoms with Gasteiger partial charge < -0.3 is 10.6 Å². The number of benzene rings is 4. The van der Waals surface area contributed by atoms with Crippen LogP contribution in [0.15, 0.2) is 91.0 Å². The summed E-state index contributed by atoms with van der Waals surface area (Å²) >= 11 is 1.56. The number of aromatic nitrogens is 1. The summed E-state index contributed by atoms with van der Waals surface area (Å²) in [6, 6.07) is 29.6. The average molecular weight is 576 g/mol. The summed E-state index contributed by atoms with van der Waals surface area (Å²) in [4.78, 5) is 35.5. The number of rotatable bonds is 7. The first-order chi connectivity index (χ1) is 20.4. The van der Waals surface area contributed by atoms with E-state index < -0.39 is 0 Å². The Labute approximate surface area is 249 Å². The van der Waals surface area contributed by atoms with Gasteiger partial charge in [0, 0.05) is 24.5 Å². The number of anilines is 3. The zero-order chi connectivity index (χ0) is 29.1. The number of thiazole rings is 1. The summed E-state index contributed by atoms with van der Waals surface area (Å²) in [5, 5.41) is 6.66. The topological polar surface area (TPSA) is 77.6 Å². The minimum absolute atomic E-state index is 0.0193. The van der Waals surface area contributed by atoms with Gasteiger partial charge in [-0.25, -0.2) is 9.78 Å². The smallest absolute Gasteiger partial charge is 0.308 e. The van der Waals surface area contributed by atoms with Crippen LogP contribution in [-0.2, 0) is 24.3 Å². The van der Waals surface area contributed by atoms with E-state index in [4.69, 9.17) is 4.98 Å². The van der Waals surface area contributed by atoms with Gasteiger partial charge in [0.2, 0.25) is 5.91 Å². The highest BCUT2D eigenvalue weighted by molar-refractivity contribution is 7.22. The van der Waals surface area contributed by atoms with E-state index in [0.29, 0.717) is 13.1 Å². The largest absolute Gasteiger partial charge is 0.323 e. The van der Waals surface area contributed by atoms with Gasteiger partial charge in [-0.2, -0.15) is 0 Å². The molecule has 8 heteroatoms. The van der Waals surface area contributed by atoms with Crippen molar-refractivity contribution in [1.29, 1.82) is 0 Å². The Bertz CT molecular complexity index is 1750. The van der Waals surface area contributed by atoms with Crippen LogP contribution in [0.2, 0.25) is 0 Å². The summed E-state index contributed by atoms with van der Waals surface area (Å²) in [6.07, 6.45) is 0.739. The molecule has 0 bridgehead atoms. The predicted molar refractivity (Wildman–Crippen MR) is 171 cm³/mol. The number of amides is 3. The highest BCUT2D eigenvalue weighted by Gasteiger charge is 2.26. The highest BCUT2D eigenvalue weighted by atomic mass is 32.1. The number of fused-ring (bicyclic) bond motifs is 2. The number of urea groups is 1. The van der Waals surface area contributed by atoms with Crippen molar-refractivity contribution < 1.29 is 9.59 Å². The van der Waals surface area contributed by atoms with E-state index in [0.717, 1.165) is 67.5 Å². The number of aryl methyl sites for hydroxylation is 2. The van der Waals surface area contributed by atoms with Crippen LogP contribution in [0.1, 0.15) is 27.8 Å². The van der Waals surface area contributed by atoms with Crippen molar-refractivity contribution in [3.05, 3.63) is 119 Å². The van der Waals surface area contributed by atoms with E-state index in [1.807, 2.05) is 84.6 Å². The molecule has 42 heavy (non-hydrogen) atoms. The number of carbonyl (C=O) groups excluding carboxylic acids is 2. The predicted octanol–water partition coefficient (Wildman–Crippen LogP) is 7.15. The van der Waals surface area contributed by atoms with Crippen LogP contribution in [0.25, 0.3) is 10.2 Å². The van der Waals surface area contributed by atoms with Crippen LogP contribution in [0.5, 0.6) is 0 Å². The van der Waals surface area contributed by atoms with Gasteiger partial charge in [-0.15, -0.1) is 0 Å². The Morgan fingerprint density at radius 1 is 0.929 bits per heavy atom. The van der Waals surface area contributed by atoms with Crippen LogP contribution in [0, 0.1) is 13.8 Å². The Balaban J connectivity index is 1.17. The molecule has 0 unspecified atom stereocenters. The van der Waals surface area contributed by atoms with Gasteiger partial charge in [-0.1, -0.05) is 78.1 Å². The van der Waals surface area contributed by atoms with Crippen molar-refractivity contribution in [3.8, 4) is 0 Å². The molecule has 212 valence electrons. The van der Waals surface area contributed by atoms with Crippen LogP contribution in [0.4, 0.5) is 21.3 Å². The highest BCUT2D eigenvalue weighted by Crippen LogP contribution is 2.32.